The average Bonchev–Trinajstić information content (AvgIpc) is 2.42. The Morgan fingerprint density at radius 2 is 2.12 bits per heavy atom. The van der Waals surface area contributed by atoms with Gasteiger partial charge >= 0.3 is 0 Å². The second kappa shape index (κ2) is 3.49. The summed E-state index contributed by atoms with van der Waals surface area (Å²) in [4.78, 5) is 11.4. The number of carbonyl (C=O) groups excluding carboxylic acids is 1. The minimum atomic E-state index is -0.620. The molecule has 0 aliphatic carbocycles. The van der Waals surface area contributed by atoms with Gasteiger partial charge in [-0.2, -0.15) is 0 Å². The van der Waals surface area contributed by atoms with E-state index in [9.17, 15) is 14.3 Å². The Balaban J connectivity index is 2.97. The highest BCUT2D eigenvalue weighted by atomic mass is 35.5. The predicted octanol–water partition coefficient (Wildman–Crippen LogP) is 3.11. The van der Waals surface area contributed by atoms with Crippen LogP contribution in [0.25, 0.3) is 10.9 Å². The first kappa shape index (κ1) is 11.0. The Morgan fingerprint density at radius 1 is 1.50 bits per heavy atom. The van der Waals surface area contributed by atoms with Crippen LogP contribution in [0, 0.1) is 12.7 Å². The Bertz CT molecular complexity index is 604. The van der Waals surface area contributed by atoms with Crippen LogP contribution in [0.2, 0.25) is 5.02 Å². The molecule has 1 aromatic heterocycles. The summed E-state index contributed by atoms with van der Waals surface area (Å²) in [5.41, 5.74) is 0.790. The number of rotatable bonds is 0. The molecule has 0 saturated carbocycles. The SMILES string of the molecule is CC(=O)n1c(C)c(O)c2cc(F)c(Cl)cc21. The van der Waals surface area contributed by atoms with E-state index in [1.165, 1.54) is 17.6 Å². The van der Waals surface area contributed by atoms with Crippen LogP contribution in [0.15, 0.2) is 12.1 Å². The molecule has 0 fully saturated rings. The molecule has 2 rings (SSSR count). The van der Waals surface area contributed by atoms with E-state index in [1.807, 2.05) is 0 Å². The monoisotopic (exact) mass is 241 g/mol. The third-order valence-electron chi connectivity index (χ3n) is 2.53. The number of halogens is 2. The van der Waals surface area contributed by atoms with E-state index in [-0.39, 0.29) is 22.1 Å². The molecule has 2 aromatic rings. The van der Waals surface area contributed by atoms with Crippen molar-refractivity contribution in [2.75, 3.05) is 0 Å². The summed E-state index contributed by atoms with van der Waals surface area (Å²) in [6.45, 7) is 2.95. The topological polar surface area (TPSA) is 42.2 Å². The quantitative estimate of drug-likeness (QED) is 0.770. The van der Waals surface area contributed by atoms with Crippen LogP contribution in [0.4, 0.5) is 4.39 Å². The molecular weight excluding hydrogens is 233 g/mol. The van der Waals surface area contributed by atoms with Gasteiger partial charge in [-0.05, 0) is 19.1 Å². The van der Waals surface area contributed by atoms with Crippen LogP contribution in [-0.2, 0) is 0 Å². The number of nitrogens with zero attached hydrogens (tertiary/aromatic N) is 1. The molecule has 16 heavy (non-hydrogen) atoms. The number of hydrogen-bond acceptors (Lipinski definition) is 2. The van der Waals surface area contributed by atoms with Crippen LogP contribution < -0.4 is 0 Å². The smallest absolute Gasteiger partial charge is 0.228 e. The summed E-state index contributed by atoms with van der Waals surface area (Å²) in [5, 5.41) is 9.97. The third-order valence-corrected chi connectivity index (χ3v) is 2.82. The van der Waals surface area contributed by atoms with Crippen LogP contribution >= 0.6 is 11.6 Å². The molecule has 0 bridgehead atoms. The molecule has 0 unspecified atom stereocenters. The van der Waals surface area contributed by atoms with Crippen molar-refractivity contribution in [3.8, 4) is 5.75 Å². The molecule has 0 spiro atoms. The molecule has 0 aliphatic rings. The maximum absolute atomic E-state index is 13.2. The number of carbonyl (C=O) groups is 1. The number of aromatic nitrogens is 1. The van der Waals surface area contributed by atoms with Crippen LogP contribution in [0.3, 0.4) is 0 Å². The molecule has 84 valence electrons. The average molecular weight is 242 g/mol. The molecule has 5 heteroatoms. The Hall–Kier alpha value is -1.55. The predicted molar refractivity (Wildman–Crippen MR) is 59.6 cm³/mol. The largest absolute Gasteiger partial charge is 0.505 e. The minimum absolute atomic E-state index is 0.0764. The zero-order valence-electron chi connectivity index (χ0n) is 8.71. The van der Waals surface area contributed by atoms with E-state index in [4.69, 9.17) is 11.6 Å². The van der Waals surface area contributed by atoms with Crippen molar-refractivity contribution >= 4 is 28.4 Å². The van der Waals surface area contributed by atoms with Gasteiger partial charge in [-0.25, -0.2) is 4.39 Å². The van der Waals surface area contributed by atoms with Gasteiger partial charge in [0.15, 0.2) is 0 Å². The molecule has 0 atom stereocenters. The van der Waals surface area contributed by atoms with Gasteiger partial charge in [-0.1, -0.05) is 11.6 Å². The molecule has 0 saturated heterocycles. The van der Waals surface area contributed by atoms with Crippen LogP contribution in [-0.4, -0.2) is 15.6 Å². The lowest BCUT2D eigenvalue weighted by Gasteiger charge is -2.02. The van der Waals surface area contributed by atoms with Gasteiger partial charge in [0.25, 0.3) is 0 Å². The van der Waals surface area contributed by atoms with E-state index < -0.39 is 5.82 Å². The maximum Gasteiger partial charge on any atom is 0.228 e. The number of benzene rings is 1. The first-order valence-electron chi connectivity index (χ1n) is 4.63. The molecule has 0 amide bonds. The maximum atomic E-state index is 13.2. The van der Waals surface area contributed by atoms with Gasteiger partial charge in [0.05, 0.1) is 16.2 Å². The number of aromatic hydroxyl groups is 1. The fraction of sp³-hybridized carbons (Fsp3) is 0.182. The molecule has 0 aliphatic heterocycles. The van der Waals surface area contributed by atoms with E-state index in [1.54, 1.807) is 6.92 Å². The lowest BCUT2D eigenvalue weighted by Crippen LogP contribution is -2.06. The van der Waals surface area contributed by atoms with Gasteiger partial charge in [-0.15, -0.1) is 0 Å². The van der Waals surface area contributed by atoms with Crippen molar-refractivity contribution in [1.29, 1.82) is 0 Å². The van der Waals surface area contributed by atoms with Gasteiger partial charge in [0, 0.05) is 12.3 Å². The number of hydrogen-bond donors (Lipinski definition) is 1. The van der Waals surface area contributed by atoms with Crippen molar-refractivity contribution in [2.24, 2.45) is 0 Å². The van der Waals surface area contributed by atoms with E-state index in [2.05, 4.69) is 0 Å². The summed E-state index contributed by atoms with van der Waals surface area (Å²) in [6.07, 6.45) is 0. The highest BCUT2D eigenvalue weighted by molar-refractivity contribution is 6.31. The van der Waals surface area contributed by atoms with Crippen LogP contribution in [0.5, 0.6) is 5.75 Å². The molecule has 1 heterocycles. The summed E-state index contributed by atoms with van der Waals surface area (Å²) < 4.78 is 14.5. The minimum Gasteiger partial charge on any atom is -0.505 e. The lowest BCUT2D eigenvalue weighted by molar-refractivity contribution is 0.0939. The second-order valence-electron chi connectivity index (χ2n) is 3.57. The van der Waals surface area contributed by atoms with Crippen molar-refractivity contribution in [3.05, 3.63) is 28.7 Å². The second-order valence-corrected chi connectivity index (χ2v) is 3.98. The third kappa shape index (κ3) is 1.38. The van der Waals surface area contributed by atoms with Gasteiger partial charge in [0.2, 0.25) is 5.91 Å². The summed E-state index contributed by atoms with van der Waals surface area (Å²) in [7, 11) is 0. The first-order chi connectivity index (χ1) is 7.43. The fourth-order valence-electron chi connectivity index (χ4n) is 1.80. The lowest BCUT2D eigenvalue weighted by atomic mass is 10.2. The van der Waals surface area contributed by atoms with Crippen molar-refractivity contribution in [3.63, 3.8) is 0 Å². The van der Waals surface area contributed by atoms with Crippen LogP contribution in [0.1, 0.15) is 17.4 Å². The van der Waals surface area contributed by atoms with Crippen molar-refractivity contribution in [2.45, 2.75) is 13.8 Å². The van der Waals surface area contributed by atoms with Gasteiger partial charge in [0.1, 0.15) is 11.6 Å². The Labute approximate surface area is 96.1 Å². The fourth-order valence-corrected chi connectivity index (χ4v) is 1.96. The molecule has 0 radical (unpaired) electrons. The molecule has 1 aromatic carbocycles. The number of fused-ring (bicyclic) bond motifs is 1. The molecule has 3 nitrogen and oxygen atoms in total. The normalized spacial score (nSPS) is 11.0. The van der Waals surface area contributed by atoms with E-state index in [0.717, 1.165) is 6.07 Å². The summed E-state index contributed by atoms with van der Waals surface area (Å²) in [6, 6.07) is 2.46. The highest BCUT2D eigenvalue weighted by Gasteiger charge is 2.17. The Morgan fingerprint density at radius 3 is 2.69 bits per heavy atom. The van der Waals surface area contributed by atoms with Crippen molar-refractivity contribution < 1.29 is 14.3 Å². The molecular formula is C11H9ClFNO2. The zero-order chi connectivity index (χ0) is 12.0. The first-order valence-corrected chi connectivity index (χ1v) is 5.01. The zero-order valence-corrected chi connectivity index (χ0v) is 9.47. The Kier molecular flexibility index (Phi) is 2.39. The van der Waals surface area contributed by atoms with E-state index in [0.29, 0.717) is 11.2 Å². The van der Waals surface area contributed by atoms with Gasteiger partial charge in [-0.3, -0.25) is 9.36 Å². The van der Waals surface area contributed by atoms with Crippen molar-refractivity contribution in [1.82, 2.24) is 4.57 Å². The molecule has 1 N–H and O–H groups in total. The van der Waals surface area contributed by atoms with E-state index >= 15 is 0 Å². The highest BCUT2D eigenvalue weighted by Crippen LogP contribution is 2.34. The van der Waals surface area contributed by atoms with Gasteiger partial charge < -0.3 is 5.11 Å². The standard InChI is InChI=1S/C11H9ClFNO2/c1-5-11(16)7-3-9(13)8(12)4-10(7)14(5)6(2)15/h3-4,16H,1-2H3. The summed E-state index contributed by atoms with van der Waals surface area (Å²) >= 11 is 5.64. The summed E-state index contributed by atoms with van der Waals surface area (Å²) in [5.74, 6) is -0.976.